The zero-order chi connectivity index (χ0) is 10.3. The molecule has 1 saturated heterocycles. The number of carbonyl (C=O) groups is 1. The van der Waals surface area contributed by atoms with Crippen molar-refractivity contribution in [1.82, 2.24) is 10.2 Å². The molecule has 1 amide bonds. The molecule has 14 heavy (non-hydrogen) atoms. The lowest BCUT2D eigenvalue weighted by Gasteiger charge is -2.27. The van der Waals surface area contributed by atoms with Crippen LogP contribution in [0.3, 0.4) is 0 Å². The number of hydrogen-bond acceptors (Lipinski definition) is 2. The Morgan fingerprint density at radius 2 is 2.21 bits per heavy atom. The summed E-state index contributed by atoms with van der Waals surface area (Å²) in [6, 6.07) is 0. The number of nitrogens with one attached hydrogen (secondary N) is 1. The van der Waals surface area contributed by atoms with Crippen LogP contribution >= 0.6 is 0 Å². The smallest absolute Gasteiger partial charge is 0.237 e. The highest BCUT2D eigenvalue weighted by Gasteiger charge is 2.40. The van der Waals surface area contributed by atoms with Crippen LogP contribution in [-0.2, 0) is 4.79 Å². The van der Waals surface area contributed by atoms with E-state index in [2.05, 4.69) is 26.1 Å². The van der Waals surface area contributed by atoms with Gasteiger partial charge in [0, 0.05) is 6.54 Å². The zero-order valence-electron chi connectivity index (χ0n) is 9.29. The molecule has 2 aliphatic rings. The minimum Gasteiger partial charge on any atom is -0.326 e. The van der Waals surface area contributed by atoms with Crippen molar-refractivity contribution < 1.29 is 4.79 Å². The summed E-state index contributed by atoms with van der Waals surface area (Å²) in [7, 11) is 0. The van der Waals surface area contributed by atoms with Crippen molar-refractivity contribution in [3.05, 3.63) is 0 Å². The van der Waals surface area contributed by atoms with E-state index < -0.39 is 0 Å². The van der Waals surface area contributed by atoms with E-state index in [0.29, 0.717) is 12.5 Å². The van der Waals surface area contributed by atoms with Crippen molar-refractivity contribution in [2.45, 2.75) is 33.4 Å². The van der Waals surface area contributed by atoms with Gasteiger partial charge in [-0.3, -0.25) is 10.1 Å². The van der Waals surface area contributed by atoms with E-state index in [9.17, 15) is 4.79 Å². The molecule has 0 radical (unpaired) electrons. The summed E-state index contributed by atoms with van der Waals surface area (Å²) in [5, 5.41) is 3.28. The molecular weight excluding hydrogens is 176 g/mol. The van der Waals surface area contributed by atoms with Gasteiger partial charge in [-0.25, -0.2) is 0 Å². The van der Waals surface area contributed by atoms with E-state index in [-0.39, 0.29) is 12.1 Å². The molecule has 3 heteroatoms. The van der Waals surface area contributed by atoms with Crippen molar-refractivity contribution >= 4 is 5.91 Å². The second kappa shape index (κ2) is 3.54. The third-order valence-corrected chi connectivity index (χ3v) is 3.46. The molecule has 0 spiro atoms. The summed E-state index contributed by atoms with van der Waals surface area (Å²) < 4.78 is 0. The number of carbonyl (C=O) groups excluding carboxylic acids is 1. The minimum atomic E-state index is 0.273. The molecule has 0 aromatic heterocycles. The van der Waals surface area contributed by atoms with E-state index in [1.165, 1.54) is 6.42 Å². The molecule has 0 bridgehead atoms. The fraction of sp³-hybridized carbons (Fsp3) is 0.909. The van der Waals surface area contributed by atoms with Gasteiger partial charge >= 0.3 is 0 Å². The average molecular weight is 196 g/mol. The molecule has 1 heterocycles. The third kappa shape index (κ3) is 1.78. The molecule has 80 valence electrons. The van der Waals surface area contributed by atoms with Crippen molar-refractivity contribution in [1.29, 1.82) is 0 Å². The average Bonchev–Trinajstić information content (AvgIpc) is 2.65. The Morgan fingerprint density at radius 1 is 1.57 bits per heavy atom. The Labute approximate surface area is 85.8 Å². The second-order valence-electron chi connectivity index (χ2n) is 5.09. The molecule has 3 unspecified atom stereocenters. The summed E-state index contributed by atoms with van der Waals surface area (Å²) in [6.45, 7) is 8.10. The first-order chi connectivity index (χ1) is 6.59. The summed E-state index contributed by atoms with van der Waals surface area (Å²) in [5.74, 6) is 2.38. The van der Waals surface area contributed by atoms with Gasteiger partial charge in [0.15, 0.2) is 0 Å². The second-order valence-corrected chi connectivity index (χ2v) is 5.09. The molecule has 1 saturated carbocycles. The van der Waals surface area contributed by atoms with Crippen LogP contribution in [0.2, 0.25) is 0 Å². The van der Waals surface area contributed by atoms with Gasteiger partial charge in [0.25, 0.3) is 0 Å². The Hall–Kier alpha value is -0.570. The molecule has 1 aliphatic heterocycles. The standard InChI is InChI=1S/C11H20N2O/c1-7(2)11-12-5-10(14)13(11)6-9-4-8(9)3/h7-9,11-12H,4-6H2,1-3H3. The van der Waals surface area contributed by atoms with Gasteiger partial charge in [-0.1, -0.05) is 20.8 Å². The quantitative estimate of drug-likeness (QED) is 0.732. The van der Waals surface area contributed by atoms with Crippen LogP contribution in [0.15, 0.2) is 0 Å². The maximum Gasteiger partial charge on any atom is 0.237 e. The highest BCUT2D eigenvalue weighted by Crippen LogP contribution is 2.39. The number of rotatable bonds is 3. The molecule has 3 nitrogen and oxygen atoms in total. The molecule has 1 N–H and O–H groups in total. The van der Waals surface area contributed by atoms with Crippen molar-refractivity contribution in [2.75, 3.05) is 13.1 Å². The van der Waals surface area contributed by atoms with Crippen LogP contribution in [0.1, 0.15) is 27.2 Å². The normalized spacial score (nSPS) is 37.0. The first-order valence-corrected chi connectivity index (χ1v) is 5.62. The molecule has 2 rings (SSSR count). The Kier molecular flexibility index (Phi) is 2.52. The summed E-state index contributed by atoms with van der Waals surface area (Å²) >= 11 is 0. The molecule has 0 aromatic carbocycles. The van der Waals surface area contributed by atoms with Crippen molar-refractivity contribution in [2.24, 2.45) is 17.8 Å². The Bertz CT molecular complexity index is 239. The van der Waals surface area contributed by atoms with E-state index in [4.69, 9.17) is 0 Å². The van der Waals surface area contributed by atoms with Crippen LogP contribution < -0.4 is 5.32 Å². The van der Waals surface area contributed by atoms with Crippen LogP contribution in [0, 0.1) is 17.8 Å². The fourth-order valence-electron chi connectivity index (χ4n) is 2.28. The van der Waals surface area contributed by atoms with Gasteiger partial charge in [0.1, 0.15) is 0 Å². The van der Waals surface area contributed by atoms with E-state index in [0.717, 1.165) is 18.4 Å². The van der Waals surface area contributed by atoms with Gasteiger partial charge in [0.05, 0.1) is 12.7 Å². The zero-order valence-corrected chi connectivity index (χ0v) is 9.29. The van der Waals surface area contributed by atoms with Crippen molar-refractivity contribution in [3.63, 3.8) is 0 Å². The summed E-state index contributed by atoms with van der Waals surface area (Å²) in [5.41, 5.74) is 0. The molecule has 1 aliphatic carbocycles. The summed E-state index contributed by atoms with van der Waals surface area (Å²) in [4.78, 5) is 13.7. The first kappa shape index (κ1) is 9.97. The lowest BCUT2D eigenvalue weighted by molar-refractivity contribution is -0.128. The Morgan fingerprint density at radius 3 is 2.71 bits per heavy atom. The predicted octanol–water partition coefficient (Wildman–Crippen LogP) is 1.06. The fourth-order valence-corrected chi connectivity index (χ4v) is 2.28. The lowest BCUT2D eigenvalue weighted by Crippen LogP contribution is -2.42. The SMILES string of the molecule is CC(C)C1NCC(=O)N1CC1CC1C. The number of amides is 1. The van der Waals surface area contributed by atoms with Crippen LogP contribution in [0.25, 0.3) is 0 Å². The third-order valence-electron chi connectivity index (χ3n) is 3.46. The molecule has 0 aromatic rings. The highest BCUT2D eigenvalue weighted by atomic mass is 16.2. The first-order valence-electron chi connectivity index (χ1n) is 5.62. The predicted molar refractivity (Wildman–Crippen MR) is 55.6 cm³/mol. The van der Waals surface area contributed by atoms with E-state index in [1.807, 2.05) is 4.90 Å². The van der Waals surface area contributed by atoms with Gasteiger partial charge < -0.3 is 4.90 Å². The largest absolute Gasteiger partial charge is 0.326 e. The van der Waals surface area contributed by atoms with Crippen LogP contribution in [0.5, 0.6) is 0 Å². The summed E-state index contributed by atoms with van der Waals surface area (Å²) in [6.07, 6.45) is 1.57. The topological polar surface area (TPSA) is 32.3 Å². The lowest BCUT2D eigenvalue weighted by atomic mass is 10.1. The monoisotopic (exact) mass is 196 g/mol. The number of nitrogens with zero attached hydrogens (tertiary/aromatic N) is 1. The van der Waals surface area contributed by atoms with Gasteiger partial charge in [-0.05, 0) is 24.2 Å². The Balaban J connectivity index is 1.95. The molecule has 3 atom stereocenters. The van der Waals surface area contributed by atoms with E-state index in [1.54, 1.807) is 0 Å². The van der Waals surface area contributed by atoms with E-state index >= 15 is 0 Å². The van der Waals surface area contributed by atoms with Gasteiger partial charge in [-0.2, -0.15) is 0 Å². The van der Waals surface area contributed by atoms with Gasteiger partial charge in [0.2, 0.25) is 5.91 Å². The van der Waals surface area contributed by atoms with Crippen LogP contribution in [-0.4, -0.2) is 30.1 Å². The van der Waals surface area contributed by atoms with Crippen molar-refractivity contribution in [3.8, 4) is 0 Å². The maximum atomic E-state index is 11.6. The molecule has 2 fully saturated rings. The van der Waals surface area contributed by atoms with Gasteiger partial charge in [-0.15, -0.1) is 0 Å². The maximum absolute atomic E-state index is 11.6. The highest BCUT2D eigenvalue weighted by molar-refractivity contribution is 5.80. The molecular formula is C11H20N2O. The minimum absolute atomic E-state index is 0.273. The van der Waals surface area contributed by atoms with Crippen LogP contribution in [0.4, 0.5) is 0 Å². The number of hydrogen-bond donors (Lipinski definition) is 1.